The zero-order valence-corrected chi connectivity index (χ0v) is 27.1. The van der Waals surface area contributed by atoms with E-state index in [0.29, 0.717) is 22.8 Å². The van der Waals surface area contributed by atoms with Gasteiger partial charge < -0.3 is 4.42 Å². The molecule has 234 valence electrons. The van der Waals surface area contributed by atoms with Crippen LogP contribution in [0.3, 0.4) is 0 Å². The highest BCUT2D eigenvalue weighted by molar-refractivity contribution is 7.26. The van der Waals surface area contributed by atoms with Gasteiger partial charge in [-0.25, -0.2) is 15.0 Å². The van der Waals surface area contributed by atoms with Crippen molar-refractivity contribution in [1.82, 2.24) is 15.0 Å². The first kappa shape index (κ1) is 23.0. The molecule has 0 fully saturated rings. The fourth-order valence-corrected chi connectivity index (χ4v) is 7.65. The maximum atomic E-state index is 9.53. The molecule has 50 heavy (non-hydrogen) atoms. The summed E-state index contributed by atoms with van der Waals surface area (Å²) in [5.74, 6) is 0.725. The van der Waals surface area contributed by atoms with Gasteiger partial charge in [0, 0.05) is 53.2 Å². The number of rotatable bonds is 5. The summed E-state index contributed by atoms with van der Waals surface area (Å²) in [5, 5.41) is 2.35. The van der Waals surface area contributed by atoms with Gasteiger partial charge in [-0.1, -0.05) is 139 Å². The summed E-state index contributed by atoms with van der Waals surface area (Å²) in [4.78, 5) is 14.6. The molecule has 0 atom stereocenters. The summed E-state index contributed by atoms with van der Waals surface area (Å²) >= 11 is 1.63. The molecule has 0 saturated heterocycles. The Morgan fingerprint density at radius 1 is 0.460 bits per heavy atom. The highest BCUT2D eigenvalue weighted by Gasteiger charge is 2.18. The summed E-state index contributed by atoms with van der Waals surface area (Å²) in [7, 11) is 0. The van der Waals surface area contributed by atoms with Crippen molar-refractivity contribution in [1.29, 1.82) is 0 Å². The van der Waals surface area contributed by atoms with Gasteiger partial charge in [-0.3, -0.25) is 0 Å². The van der Waals surface area contributed by atoms with Crippen LogP contribution in [0.2, 0.25) is 0 Å². The second kappa shape index (κ2) is 11.6. The lowest BCUT2D eigenvalue weighted by Gasteiger charge is -2.09. The van der Waals surface area contributed by atoms with Crippen molar-refractivity contribution >= 4 is 53.4 Å². The van der Waals surface area contributed by atoms with Gasteiger partial charge in [-0.2, -0.15) is 0 Å². The fraction of sp³-hybridized carbons (Fsp3) is 0. The lowest BCUT2D eigenvalue weighted by molar-refractivity contribution is 0.670. The lowest BCUT2D eigenvalue weighted by atomic mass is 9.99. The first-order chi connectivity index (χ1) is 27.3. The molecule has 0 aliphatic rings. The minimum atomic E-state index is -0.339. The largest absolute Gasteiger partial charge is 0.455 e. The molecule has 3 heterocycles. The number of hydrogen-bond acceptors (Lipinski definition) is 5. The van der Waals surface area contributed by atoms with Gasteiger partial charge in [-0.15, -0.1) is 11.3 Å². The van der Waals surface area contributed by atoms with E-state index in [1.54, 1.807) is 11.3 Å². The molecule has 4 nitrogen and oxygen atoms in total. The SMILES string of the molecule is [2H]c1c([2H])c([2H])c2c(oc3c([2H])c(-c4nc(-c5ccccc5)nc(-c5cccc6c5sc5ccccc56)n4)c([2H])c([2H])c32)c1-c1ccc(-c2ccccc2)cc1. The molecule has 10 rings (SSSR count). The van der Waals surface area contributed by atoms with Crippen LogP contribution in [0.25, 0.3) is 98.5 Å². The van der Waals surface area contributed by atoms with Gasteiger partial charge in [0.05, 0.1) is 8.22 Å². The molecular weight excluding hydrogens is 631 g/mol. The van der Waals surface area contributed by atoms with Crippen molar-refractivity contribution in [3.63, 3.8) is 0 Å². The molecule has 0 N–H and O–H groups in total. The van der Waals surface area contributed by atoms with Gasteiger partial charge in [0.15, 0.2) is 17.5 Å². The van der Waals surface area contributed by atoms with Gasteiger partial charge >= 0.3 is 0 Å². The third-order valence-corrected chi connectivity index (χ3v) is 10.1. The Morgan fingerprint density at radius 2 is 1.12 bits per heavy atom. The molecule has 0 spiro atoms. The van der Waals surface area contributed by atoms with Crippen molar-refractivity contribution < 1.29 is 12.6 Å². The molecule has 3 aromatic heterocycles. The molecule has 5 heteroatoms. The van der Waals surface area contributed by atoms with Gasteiger partial charge in [0.2, 0.25) is 0 Å². The fourth-order valence-electron chi connectivity index (χ4n) is 6.44. The van der Waals surface area contributed by atoms with Crippen LogP contribution in [0.1, 0.15) is 8.22 Å². The van der Waals surface area contributed by atoms with Crippen molar-refractivity contribution in [3.8, 4) is 56.4 Å². The Kier molecular flexibility index (Phi) is 5.35. The molecule has 0 aliphatic carbocycles. The van der Waals surface area contributed by atoms with E-state index in [1.165, 1.54) is 0 Å². The molecular formula is C45H27N3OS. The van der Waals surface area contributed by atoms with Crippen LogP contribution in [-0.2, 0) is 0 Å². The van der Waals surface area contributed by atoms with Crippen molar-refractivity contribution in [3.05, 3.63) is 164 Å². The molecule has 0 saturated carbocycles. The van der Waals surface area contributed by atoms with Gasteiger partial charge in [0.25, 0.3) is 0 Å². The van der Waals surface area contributed by atoms with E-state index in [4.69, 9.17) is 23.5 Å². The molecule has 0 bridgehead atoms. The van der Waals surface area contributed by atoms with E-state index in [2.05, 4.69) is 18.2 Å². The Balaban J connectivity index is 1.22. The minimum absolute atomic E-state index is 0.0246. The third kappa shape index (κ3) is 4.79. The molecule has 0 unspecified atom stereocenters. The predicted octanol–water partition coefficient (Wildman–Crippen LogP) is 12.5. The van der Waals surface area contributed by atoms with E-state index in [9.17, 15) is 4.11 Å². The smallest absolute Gasteiger partial charge is 0.165 e. The zero-order chi connectivity index (χ0) is 38.2. The molecule has 7 aromatic carbocycles. The van der Waals surface area contributed by atoms with Crippen LogP contribution in [-0.4, -0.2) is 15.0 Å². The molecule has 0 aliphatic heterocycles. The number of thiophene rings is 1. The lowest BCUT2D eigenvalue weighted by Crippen LogP contribution is -2.00. The molecule has 0 amide bonds. The average Bonchev–Trinajstić information content (AvgIpc) is 3.83. The number of para-hydroxylation sites is 1. The molecule has 0 radical (unpaired) electrons. The highest BCUT2D eigenvalue weighted by atomic mass is 32.1. The second-order valence-corrected chi connectivity index (χ2v) is 13.0. The van der Waals surface area contributed by atoms with Gasteiger partial charge in [-0.05, 0) is 40.9 Å². The van der Waals surface area contributed by atoms with E-state index in [0.717, 1.165) is 36.9 Å². The first-order valence-corrected chi connectivity index (χ1v) is 16.9. The van der Waals surface area contributed by atoms with Crippen LogP contribution in [0.5, 0.6) is 0 Å². The standard InChI is InChI=1S/C45H27N3OS/c1-3-11-28(12-4-1)29-21-23-30(24-22-29)33-16-9-17-36-34-26-25-32(27-39(34)49-41(33)36)44-46-43(31-13-5-2-6-14-31)47-45(48-44)38-19-10-18-37-35-15-7-8-20-40(35)50-42(37)38/h1-27H/i9D,16D,17D,25D,26D,27D. The maximum Gasteiger partial charge on any atom is 0.165 e. The summed E-state index contributed by atoms with van der Waals surface area (Å²) in [5.41, 5.74) is 4.35. The quantitative estimate of drug-likeness (QED) is 0.184. The number of benzene rings is 7. The Bertz CT molecular complexity index is 3200. The first-order valence-electron chi connectivity index (χ1n) is 19.1. The third-order valence-electron chi connectivity index (χ3n) is 8.88. The van der Waals surface area contributed by atoms with Crippen molar-refractivity contribution in [2.24, 2.45) is 0 Å². The van der Waals surface area contributed by atoms with Gasteiger partial charge in [0.1, 0.15) is 11.2 Å². The van der Waals surface area contributed by atoms with Crippen LogP contribution < -0.4 is 0 Å². The second-order valence-electron chi connectivity index (χ2n) is 11.9. The van der Waals surface area contributed by atoms with Crippen molar-refractivity contribution in [2.75, 3.05) is 0 Å². The van der Waals surface area contributed by atoms with Crippen LogP contribution in [0.15, 0.2) is 168 Å². The van der Waals surface area contributed by atoms with E-state index in [1.807, 2.05) is 109 Å². The normalized spacial score (nSPS) is 13.3. The predicted molar refractivity (Wildman–Crippen MR) is 207 cm³/mol. The number of fused-ring (bicyclic) bond motifs is 6. The number of aromatic nitrogens is 3. The van der Waals surface area contributed by atoms with E-state index in [-0.39, 0.29) is 75.1 Å². The summed E-state index contributed by atoms with van der Waals surface area (Å²) in [6, 6.07) is 39.3. The Hall–Kier alpha value is -6.43. The topological polar surface area (TPSA) is 51.8 Å². The Labute approximate surface area is 300 Å². The van der Waals surface area contributed by atoms with Crippen LogP contribution >= 0.6 is 11.3 Å². The summed E-state index contributed by atoms with van der Waals surface area (Å²) in [6.07, 6.45) is 0. The number of nitrogens with zero attached hydrogens (tertiary/aromatic N) is 3. The monoisotopic (exact) mass is 663 g/mol. The minimum Gasteiger partial charge on any atom is -0.455 e. The van der Waals surface area contributed by atoms with E-state index < -0.39 is 0 Å². The Morgan fingerprint density at radius 3 is 1.94 bits per heavy atom. The summed E-state index contributed by atoms with van der Waals surface area (Å²) in [6.45, 7) is 0. The number of furan rings is 1. The van der Waals surface area contributed by atoms with Crippen LogP contribution in [0, 0.1) is 0 Å². The van der Waals surface area contributed by atoms with Crippen LogP contribution in [0.4, 0.5) is 0 Å². The zero-order valence-electron chi connectivity index (χ0n) is 32.3. The van der Waals surface area contributed by atoms with Crippen molar-refractivity contribution in [2.45, 2.75) is 0 Å². The maximum absolute atomic E-state index is 9.53. The average molecular weight is 664 g/mol. The highest BCUT2D eigenvalue weighted by Crippen LogP contribution is 2.41. The van der Waals surface area contributed by atoms with E-state index >= 15 is 0 Å². The molecule has 10 aromatic rings. The summed E-state index contributed by atoms with van der Waals surface area (Å²) < 4.78 is 63.4. The number of hydrogen-bond donors (Lipinski definition) is 0.